The smallest absolute Gasteiger partial charge is 0.123 e. The Balaban J connectivity index is 2.32. The van der Waals surface area contributed by atoms with Gasteiger partial charge in [-0.25, -0.2) is 0 Å². The Labute approximate surface area is 88.0 Å². The van der Waals surface area contributed by atoms with Gasteiger partial charge in [-0.05, 0) is 23.8 Å². The van der Waals surface area contributed by atoms with Crippen molar-refractivity contribution in [2.45, 2.75) is 6.10 Å². The molecule has 0 spiro atoms. The van der Waals surface area contributed by atoms with Gasteiger partial charge in [0, 0.05) is 18.9 Å². The van der Waals surface area contributed by atoms with E-state index in [2.05, 4.69) is 5.10 Å². The van der Waals surface area contributed by atoms with Crippen molar-refractivity contribution >= 4 is 5.69 Å². The van der Waals surface area contributed by atoms with Gasteiger partial charge in [-0.1, -0.05) is 12.1 Å². The van der Waals surface area contributed by atoms with Crippen molar-refractivity contribution in [2.24, 2.45) is 7.05 Å². The van der Waals surface area contributed by atoms with Crippen LogP contribution in [0.3, 0.4) is 0 Å². The Bertz CT molecular complexity index is 464. The molecule has 3 N–H and O–H groups in total. The summed E-state index contributed by atoms with van der Waals surface area (Å²) in [5.74, 6) is 0. The molecule has 0 amide bonds. The summed E-state index contributed by atoms with van der Waals surface area (Å²) in [5, 5.41) is 14.1. The lowest BCUT2D eigenvalue weighted by atomic mass is 10.1. The fourth-order valence-corrected chi connectivity index (χ4v) is 1.48. The number of benzene rings is 1. The van der Waals surface area contributed by atoms with E-state index in [4.69, 9.17) is 5.73 Å². The predicted molar refractivity (Wildman–Crippen MR) is 58.1 cm³/mol. The summed E-state index contributed by atoms with van der Waals surface area (Å²) in [6.45, 7) is 0. The van der Waals surface area contributed by atoms with Crippen molar-refractivity contribution in [1.29, 1.82) is 0 Å². The molecule has 0 aliphatic heterocycles. The number of rotatable bonds is 2. The van der Waals surface area contributed by atoms with Gasteiger partial charge >= 0.3 is 0 Å². The van der Waals surface area contributed by atoms with Crippen molar-refractivity contribution in [2.75, 3.05) is 5.73 Å². The molecule has 1 aromatic carbocycles. The molecule has 0 saturated heterocycles. The van der Waals surface area contributed by atoms with Gasteiger partial charge in [-0.2, -0.15) is 5.10 Å². The Morgan fingerprint density at radius 1 is 1.40 bits per heavy atom. The molecule has 0 aliphatic rings. The van der Waals surface area contributed by atoms with E-state index in [0.717, 1.165) is 5.56 Å². The number of hydrogen-bond donors (Lipinski definition) is 2. The maximum Gasteiger partial charge on any atom is 0.123 e. The predicted octanol–water partition coefficient (Wildman–Crippen LogP) is 1.08. The zero-order valence-corrected chi connectivity index (χ0v) is 8.46. The number of anilines is 1. The highest BCUT2D eigenvalue weighted by atomic mass is 16.3. The molecule has 2 rings (SSSR count). The molecule has 78 valence electrons. The van der Waals surface area contributed by atoms with Gasteiger partial charge in [0.15, 0.2) is 0 Å². The fraction of sp³-hybridized carbons (Fsp3) is 0.182. The second kappa shape index (κ2) is 3.74. The van der Waals surface area contributed by atoms with Crippen LogP contribution in [0.4, 0.5) is 5.69 Å². The Morgan fingerprint density at radius 2 is 2.20 bits per heavy atom. The Kier molecular flexibility index (Phi) is 2.43. The van der Waals surface area contributed by atoms with Gasteiger partial charge in [0.2, 0.25) is 0 Å². The van der Waals surface area contributed by atoms with E-state index >= 15 is 0 Å². The van der Waals surface area contributed by atoms with Crippen LogP contribution in [0.2, 0.25) is 0 Å². The first-order valence-electron chi connectivity index (χ1n) is 4.70. The number of nitrogens with zero attached hydrogens (tertiary/aromatic N) is 2. The molecule has 0 aliphatic carbocycles. The van der Waals surface area contributed by atoms with Crippen molar-refractivity contribution in [3.8, 4) is 0 Å². The van der Waals surface area contributed by atoms with Crippen molar-refractivity contribution < 1.29 is 5.11 Å². The molecule has 1 heterocycles. The van der Waals surface area contributed by atoms with Gasteiger partial charge in [-0.3, -0.25) is 4.68 Å². The molecule has 1 unspecified atom stereocenters. The van der Waals surface area contributed by atoms with Crippen LogP contribution < -0.4 is 5.73 Å². The Hall–Kier alpha value is -1.81. The SMILES string of the molecule is Cn1ccc(C(O)c2cccc(N)c2)n1. The summed E-state index contributed by atoms with van der Waals surface area (Å²) in [6, 6.07) is 8.97. The summed E-state index contributed by atoms with van der Waals surface area (Å²) in [7, 11) is 1.82. The standard InChI is InChI=1S/C11H13N3O/c1-14-6-5-10(13-14)11(15)8-3-2-4-9(12)7-8/h2-7,11,15H,12H2,1H3. The number of aromatic nitrogens is 2. The minimum atomic E-state index is -0.713. The number of hydrogen-bond acceptors (Lipinski definition) is 3. The van der Waals surface area contributed by atoms with Crippen LogP contribution in [0.1, 0.15) is 17.4 Å². The monoisotopic (exact) mass is 203 g/mol. The molecule has 0 saturated carbocycles. The molecule has 4 nitrogen and oxygen atoms in total. The van der Waals surface area contributed by atoms with Gasteiger partial charge in [0.1, 0.15) is 6.10 Å². The minimum absolute atomic E-state index is 0.628. The van der Waals surface area contributed by atoms with Crippen LogP contribution in [0.25, 0.3) is 0 Å². The van der Waals surface area contributed by atoms with Crippen LogP contribution in [0.5, 0.6) is 0 Å². The molecule has 0 bridgehead atoms. The van der Waals surface area contributed by atoms with E-state index in [1.54, 1.807) is 29.1 Å². The average Bonchev–Trinajstić information content (AvgIpc) is 2.64. The molecular weight excluding hydrogens is 190 g/mol. The first kappa shape index (κ1) is 9.73. The van der Waals surface area contributed by atoms with Crippen LogP contribution in [-0.2, 0) is 7.05 Å². The highest BCUT2D eigenvalue weighted by Crippen LogP contribution is 2.21. The van der Waals surface area contributed by atoms with Gasteiger partial charge in [0.25, 0.3) is 0 Å². The fourth-order valence-electron chi connectivity index (χ4n) is 1.48. The molecular formula is C11H13N3O. The first-order valence-corrected chi connectivity index (χ1v) is 4.70. The summed E-state index contributed by atoms with van der Waals surface area (Å²) >= 11 is 0. The molecule has 2 aromatic rings. The first-order chi connectivity index (χ1) is 7.16. The van der Waals surface area contributed by atoms with E-state index in [1.165, 1.54) is 0 Å². The van der Waals surface area contributed by atoms with Crippen LogP contribution >= 0.6 is 0 Å². The van der Waals surface area contributed by atoms with Crippen molar-refractivity contribution in [1.82, 2.24) is 9.78 Å². The maximum absolute atomic E-state index is 10.00. The van der Waals surface area contributed by atoms with Gasteiger partial charge in [-0.15, -0.1) is 0 Å². The lowest BCUT2D eigenvalue weighted by Crippen LogP contribution is -2.02. The number of aliphatic hydroxyl groups excluding tert-OH is 1. The average molecular weight is 203 g/mol. The van der Waals surface area contributed by atoms with Gasteiger partial charge < -0.3 is 10.8 Å². The summed E-state index contributed by atoms with van der Waals surface area (Å²) in [5.41, 5.74) is 7.67. The zero-order chi connectivity index (χ0) is 10.8. The molecule has 1 aromatic heterocycles. The minimum Gasteiger partial charge on any atom is -0.399 e. The quantitative estimate of drug-likeness (QED) is 0.718. The molecule has 1 atom stereocenters. The summed E-state index contributed by atoms with van der Waals surface area (Å²) < 4.78 is 1.66. The normalized spacial score (nSPS) is 12.7. The van der Waals surface area contributed by atoms with Crippen LogP contribution in [-0.4, -0.2) is 14.9 Å². The van der Waals surface area contributed by atoms with Crippen LogP contribution in [0, 0.1) is 0 Å². The number of aliphatic hydroxyl groups is 1. The van der Waals surface area contributed by atoms with Crippen molar-refractivity contribution in [3.63, 3.8) is 0 Å². The number of nitrogen functional groups attached to an aromatic ring is 1. The van der Waals surface area contributed by atoms with E-state index in [-0.39, 0.29) is 0 Å². The second-order valence-corrected chi connectivity index (χ2v) is 3.49. The maximum atomic E-state index is 10.00. The van der Waals surface area contributed by atoms with E-state index in [0.29, 0.717) is 11.4 Å². The lowest BCUT2D eigenvalue weighted by molar-refractivity contribution is 0.214. The van der Waals surface area contributed by atoms with E-state index < -0.39 is 6.10 Å². The third-order valence-corrected chi connectivity index (χ3v) is 2.24. The lowest BCUT2D eigenvalue weighted by Gasteiger charge is -2.08. The van der Waals surface area contributed by atoms with E-state index in [9.17, 15) is 5.11 Å². The number of nitrogens with two attached hydrogens (primary N) is 1. The van der Waals surface area contributed by atoms with Gasteiger partial charge in [0.05, 0.1) is 5.69 Å². The Morgan fingerprint density at radius 3 is 2.80 bits per heavy atom. The largest absolute Gasteiger partial charge is 0.399 e. The highest BCUT2D eigenvalue weighted by Gasteiger charge is 2.12. The highest BCUT2D eigenvalue weighted by molar-refractivity contribution is 5.42. The molecule has 0 fully saturated rings. The molecule has 0 radical (unpaired) electrons. The number of aryl methyl sites for hydroxylation is 1. The second-order valence-electron chi connectivity index (χ2n) is 3.49. The molecule has 15 heavy (non-hydrogen) atoms. The summed E-state index contributed by atoms with van der Waals surface area (Å²) in [6.07, 6.45) is 1.08. The van der Waals surface area contributed by atoms with Crippen LogP contribution in [0.15, 0.2) is 36.5 Å². The topological polar surface area (TPSA) is 64.1 Å². The zero-order valence-electron chi connectivity index (χ0n) is 8.46. The molecule has 4 heteroatoms. The third-order valence-electron chi connectivity index (χ3n) is 2.24. The van der Waals surface area contributed by atoms with E-state index in [1.807, 2.05) is 19.2 Å². The summed E-state index contributed by atoms with van der Waals surface area (Å²) in [4.78, 5) is 0. The third kappa shape index (κ3) is 1.99. The van der Waals surface area contributed by atoms with Crippen molar-refractivity contribution in [3.05, 3.63) is 47.8 Å².